The normalized spacial score (nSPS) is 15.8. The Morgan fingerprint density at radius 3 is 2.29 bits per heavy atom. The minimum Gasteiger partial charge on any atom is -0.490 e. The van der Waals surface area contributed by atoms with Crippen LogP contribution in [0.25, 0.3) is 0 Å². The van der Waals surface area contributed by atoms with Crippen molar-refractivity contribution in [3.8, 4) is 5.75 Å². The number of rotatable bonds is 2. The summed E-state index contributed by atoms with van der Waals surface area (Å²) in [5, 5.41) is 0. The van der Waals surface area contributed by atoms with E-state index in [4.69, 9.17) is 4.74 Å². The third-order valence-corrected chi connectivity index (χ3v) is 4.20. The SMILES string of the molecule is O=C1c2ccccc2C(=O)N1CC(=O)N1CCOc2ccccc21. The predicted molar refractivity (Wildman–Crippen MR) is 86.1 cm³/mol. The minimum atomic E-state index is -0.425. The molecule has 6 nitrogen and oxygen atoms in total. The number of nitrogens with zero attached hydrogens (tertiary/aromatic N) is 2. The molecule has 2 aromatic rings. The van der Waals surface area contributed by atoms with Gasteiger partial charge in [-0.3, -0.25) is 19.3 Å². The van der Waals surface area contributed by atoms with Crippen molar-refractivity contribution in [2.45, 2.75) is 0 Å². The number of anilines is 1. The number of fused-ring (bicyclic) bond motifs is 2. The van der Waals surface area contributed by atoms with E-state index in [0.29, 0.717) is 35.7 Å². The molecule has 2 aliphatic heterocycles. The molecule has 3 amide bonds. The van der Waals surface area contributed by atoms with Crippen molar-refractivity contribution >= 4 is 23.4 Å². The standard InChI is InChI=1S/C18H14N2O4/c21-16(19-9-10-24-15-8-4-3-7-14(15)19)11-20-17(22)12-5-1-2-6-13(12)18(20)23/h1-8H,9-11H2. The number of ether oxygens (including phenoxy) is 1. The summed E-state index contributed by atoms with van der Waals surface area (Å²) in [4.78, 5) is 40.0. The van der Waals surface area contributed by atoms with E-state index >= 15 is 0 Å². The molecule has 6 heteroatoms. The average Bonchev–Trinajstić information content (AvgIpc) is 2.86. The van der Waals surface area contributed by atoms with Gasteiger partial charge in [-0.15, -0.1) is 0 Å². The molecule has 0 aliphatic carbocycles. The summed E-state index contributed by atoms with van der Waals surface area (Å²) in [5.41, 5.74) is 1.35. The van der Waals surface area contributed by atoms with Gasteiger partial charge < -0.3 is 9.64 Å². The Balaban J connectivity index is 1.58. The second-order valence-electron chi connectivity index (χ2n) is 5.60. The maximum absolute atomic E-state index is 12.7. The first-order valence-electron chi connectivity index (χ1n) is 7.64. The number of hydrogen-bond acceptors (Lipinski definition) is 4. The van der Waals surface area contributed by atoms with E-state index in [1.807, 2.05) is 12.1 Å². The van der Waals surface area contributed by atoms with Gasteiger partial charge in [-0.1, -0.05) is 24.3 Å². The minimum absolute atomic E-state index is 0.277. The largest absolute Gasteiger partial charge is 0.490 e. The fraction of sp³-hybridized carbons (Fsp3) is 0.167. The monoisotopic (exact) mass is 322 g/mol. The van der Waals surface area contributed by atoms with Crippen LogP contribution in [0.5, 0.6) is 5.75 Å². The van der Waals surface area contributed by atoms with Crippen LogP contribution in [0.3, 0.4) is 0 Å². The van der Waals surface area contributed by atoms with Gasteiger partial charge in [0.2, 0.25) is 5.91 Å². The zero-order chi connectivity index (χ0) is 16.7. The van der Waals surface area contributed by atoms with E-state index in [1.54, 1.807) is 41.3 Å². The van der Waals surface area contributed by atoms with Gasteiger partial charge in [0.05, 0.1) is 23.4 Å². The Morgan fingerprint density at radius 2 is 1.58 bits per heavy atom. The van der Waals surface area contributed by atoms with Gasteiger partial charge in [0.1, 0.15) is 18.9 Å². The lowest BCUT2D eigenvalue weighted by Gasteiger charge is -2.30. The number of amides is 3. The first-order chi connectivity index (χ1) is 11.7. The molecule has 0 unspecified atom stereocenters. The second-order valence-corrected chi connectivity index (χ2v) is 5.60. The van der Waals surface area contributed by atoms with Crippen LogP contribution in [0.4, 0.5) is 5.69 Å². The summed E-state index contributed by atoms with van der Waals surface area (Å²) in [6.07, 6.45) is 0. The van der Waals surface area contributed by atoms with Gasteiger partial charge in [-0.05, 0) is 24.3 Å². The molecule has 2 aliphatic rings. The molecule has 120 valence electrons. The van der Waals surface area contributed by atoms with E-state index in [1.165, 1.54) is 0 Å². The van der Waals surface area contributed by atoms with Crippen molar-refractivity contribution in [3.05, 3.63) is 59.7 Å². The molecule has 0 fully saturated rings. The smallest absolute Gasteiger partial charge is 0.262 e. The van der Waals surface area contributed by atoms with Gasteiger partial charge in [-0.25, -0.2) is 0 Å². The summed E-state index contributed by atoms with van der Waals surface area (Å²) in [7, 11) is 0. The molecule has 24 heavy (non-hydrogen) atoms. The Labute approximate surface area is 138 Å². The zero-order valence-corrected chi connectivity index (χ0v) is 12.8. The zero-order valence-electron chi connectivity index (χ0n) is 12.8. The van der Waals surface area contributed by atoms with Crippen molar-refractivity contribution in [2.75, 3.05) is 24.6 Å². The molecule has 0 radical (unpaired) electrons. The summed E-state index contributed by atoms with van der Waals surface area (Å²) < 4.78 is 5.53. The molecule has 0 saturated heterocycles. The van der Waals surface area contributed by atoms with Crippen LogP contribution in [0.2, 0.25) is 0 Å². The van der Waals surface area contributed by atoms with Gasteiger partial charge in [0.25, 0.3) is 11.8 Å². The van der Waals surface area contributed by atoms with Crippen molar-refractivity contribution in [1.29, 1.82) is 0 Å². The highest BCUT2D eigenvalue weighted by Crippen LogP contribution is 2.31. The van der Waals surface area contributed by atoms with Crippen LogP contribution in [0, 0.1) is 0 Å². The molecule has 0 N–H and O–H groups in total. The number of carbonyl (C=O) groups excluding carboxylic acids is 3. The lowest BCUT2D eigenvalue weighted by Crippen LogP contribution is -2.45. The van der Waals surface area contributed by atoms with Crippen LogP contribution in [-0.2, 0) is 4.79 Å². The van der Waals surface area contributed by atoms with Gasteiger partial charge >= 0.3 is 0 Å². The number of imide groups is 1. The summed E-state index contributed by atoms with van der Waals surface area (Å²) >= 11 is 0. The molecule has 2 heterocycles. The Kier molecular flexibility index (Phi) is 3.30. The van der Waals surface area contributed by atoms with Crippen LogP contribution in [0.1, 0.15) is 20.7 Å². The average molecular weight is 322 g/mol. The fourth-order valence-corrected chi connectivity index (χ4v) is 3.03. The van der Waals surface area contributed by atoms with Crippen molar-refractivity contribution in [3.63, 3.8) is 0 Å². The quantitative estimate of drug-likeness (QED) is 0.790. The summed E-state index contributed by atoms with van der Waals surface area (Å²) in [5.74, 6) is -0.532. The van der Waals surface area contributed by atoms with Crippen molar-refractivity contribution < 1.29 is 19.1 Å². The molecule has 2 aromatic carbocycles. The summed E-state index contributed by atoms with van der Waals surface area (Å²) in [6.45, 7) is 0.491. The molecular formula is C18H14N2O4. The first kappa shape index (κ1) is 14.4. The highest BCUT2D eigenvalue weighted by Gasteiger charge is 2.37. The molecule has 0 atom stereocenters. The maximum atomic E-state index is 12.7. The molecule has 0 bridgehead atoms. The molecule has 4 rings (SSSR count). The Morgan fingerprint density at radius 1 is 0.958 bits per heavy atom. The maximum Gasteiger partial charge on any atom is 0.262 e. The van der Waals surface area contributed by atoms with Gasteiger partial charge in [0.15, 0.2) is 0 Å². The lowest BCUT2D eigenvalue weighted by molar-refractivity contribution is -0.119. The third-order valence-electron chi connectivity index (χ3n) is 4.20. The number of carbonyl (C=O) groups is 3. The number of hydrogen-bond donors (Lipinski definition) is 0. The van der Waals surface area contributed by atoms with Crippen LogP contribution < -0.4 is 9.64 Å². The van der Waals surface area contributed by atoms with E-state index in [2.05, 4.69) is 0 Å². The predicted octanol–water partition coefficient (Wildman–Crippen LogP) is 1.71. The van der Waals surface area contributed by atoms with E-state index in [-0.39, 0.29) is 12.5 Å². The molecule has 0 spiro atoms. The molecular weight excluding hydrogens is 308 g/mol. The van der Waals surface area contributed by atoms with E-state index < -0.39 is 11.8 Å². The fourth-order valence-electron chi connectivity index (χ4n) is 3.03. The van der Waals surface area contributed by atoms with Crippen LogP contribution in [-0.4, -0.2) is 42.3 Å². The van der Waals surface area contributed by atoms with Gasteiger partial charge in [0, 0.05) is 0 Å². The van der Waals surface area contributed by atoms with Gasteiger partial charge in [-0.2, -0.15) is 0 Å². The first-order valence-corrected chi connectivity index (χ1v) is 7.64. The van der Waals surface area contributed by atoms with E-state index in [0.717, 1.165) is 4.90 Å². The third kappa shape index (κ3) is 2.15. The number of benzene rings is 2. The summed E-state index contributed by atoms with van der Waals surface area (Å²) in [6, 6.07) is 13.8. The molecule has 0 aromatic heterocycles. The highest BCUT2D eigenvalue weighted by molar-refractivity contribution is 6.22. The van der Waals surface area contributed by atoms with Crippen LogP contribution >= 0.6 is 0 Å². The topological polar surface area (TPSA) is 66.9 Å². The van der Waals surface area contributed by atoms with E-state index in [9.17, 15) is 14.4 Å². The second kappa shape index (κ2) is 5.49. The van der Waals surface area contributed by atoms with Crippen molar-refractivity contribution in [2.24, 2.45) is 0 Å². The molecule has 0 saturated carbocycles. The lowest BCUT2D eigenvalue weighted by atomic mass is 10.1. The highest BCUT2D eigenvalue weighted by atomic mass is 16.5. The Hall–Kier alpha value is -3.15. The van der Waals surface area contributed by atoms with Crippen molar-refractivity contribution in [1.82, 2.24) is 4.90 Å². The Bertz CT molecular complexity index is 827. The number of para-hydroxylation sites is 2. The van der Waals surface area contributed by atoms with Crippen LogP contribution in [0.15, 0.2) is 48.5 Å².